The number of aliphatic imine (C=N–C) groups is 1. The monoisotopic (exact) mass is 370 g/mol. The van der Waals surface area contributed by atoms with Crippen molar-refractivity contribution in [3.8, 4) is 0 Å². The molecule has 1 aromatic carbocycles. The van der Waals surface area contributed by atoms with Crippen LogP contribution in [0.2, 0.25) is 0 Å². The van der Waals surface area contributed by atoms with E-state index in [1.165, 1.54) is 48.4 Å². The van der Waals surface area contributed by atoms with Gasteiger partial charge in [0.2, 0.25) is 0 Å². The van der Waals surface area contributed by atoms with E-state index in [2.05, 4.69) is 64.2 Å². The van der Waals surface area contributed by atoms with Crippen molar-refractivity contribution in [2.45, 2.75) is 45.8 Å². The summed E-state index contributed by atoms with van der Waals surface area (Å²) in [6.45, 7) is 8.04. The normalized spacial score (nSPS) is 15.8. The fourth-order valence-electron chi connectivity index (χ4n) is 3.22. The summed E-state index contributed by atoms with van der Waals surface area (Å²) in [6.07, 6.45) is 4.08. The van der Waals surface area contributed by atoms with Crippen LogP contribution in [-0.4, -0.2) is 30.5 Å². The number of piperidine rings is 1. The molecular weight excluding hydrogens is 340 g/mol. The first-order valence-corrected chi connectivity index (χ1v) is 10.6. The minimum absolute atomic E-state index is 0.698. The highest BCUT2D eigenvalue weighted by atomic mass is 32.1. The molecule has 0 bridgehead atoms. The Morgan fingerprint density at radius 2 is 1.81 bits per heavy atom. The maximum Gasteiger partial charge on any atom is 0.191 e. The van der Waals surface area contributed by atoms with E-state index >= 15 is 0 Å². The van der Waals surface area contributed by atoms with E-state index in [4.69, 9.17) is 4.99 Å². The van der Waals surface area contributed by atoms with E-state index < -0.39 is 0 Å². The summed E-state index contributed by atoms with van der Waals surface area (Å²) in [5, 5.41) is 8.82. The molecule has 140 valence electrons. The van der Waals surface area contributed by atoms with Crippen LogP contribution in [0.25, 0.3) is 0 Å². The number of nitrogens with zero attached hydrogens (tertiary/aromatic N) is 2. The molecule has 0 atom stereocenters. The van der Waals surface area contributed by atoms with Gasteiger partial charge in [0.25, 0.3) is 0 Å². The van der Waals surface area contributed by atoms with E-state index in [0.717, 1.165) is 25.6 Å². The van der Waals surface area contributed by atoms with Crippen molar-refractivity contribution in [3.05, 3.63) is 57.8 Å². The van der Waals surface area contributed by atoms with Crippen molar-refractivity contribution in [3.63, 3.8) is 0 Å². The van der Waals surface area contributed by atoms with Crippen LogP contribution in [0.5, 0.6) is 0 Å². The summed E-state index contributed by atoms with van der Waals surface area (Å²) in [7, 11) is 0. The Labute approximate surface area is 161 Å². The summed E-state index contributed by atoms with van der Waals surface area (Å²) >= 11 is 1.76. The van der Waals surface area contributed by atoms with Crippen molar-refractivity contribution < 1.29 is 0 Å². The maximum absolute atomic E-state index is 4.72. The number of thiophene rings is 1. The topological polar surface area (TPSA) is 39.7 Å². The molecule has 0 spiro atoms. The zero-order valence-corrected chi connectivity index (χ0v) is 16.5. The number of guanidine groups is 1. The molecule has 3 rings (SSSR count). The van der Waals surface area contributed by atoms with Gasteiger partial charge >= 0.3 is 0 Å². The number of benzene rings is 1. The Kier molecular flexibility index (Phi) is 7.52. The van der Waals surface area contributed by atoms with Gasteiger partial charge in [-0.3, -0.25) is 4.90 Å². The van der Waals surface area contributed by atoms with Crippen LogP contribution < -0.4 is 10.6 Å². The average molecular weight is 371 g/mol. The molecule has 0 saturated carbocycles. The highest BCUT2D eigenvalue weighted by Crippen LogP contribution is 2.14. The molecule has 0 aliphatic carbocycles. The van der Waals surface area contributed by atoms with E-state index in [0.29, 0.717) is 6.54 Å². The molecule has 1 fully saturated rings. The lowest BCUT2D eigenvalue weighted by molar-refractivity contribution is 0.221. The molecule has 0 radical (unpaired) electrons. The summed E-state index contributed by atoms with van der Waals surface area (Å²) in [5.74, 6) is 0.873. The third-order valence-electron chi connectivity index (χ3n) is 4.65. The predicted octanol–water partition coefficient (Wildman–Crippen LogP) is 3.99. The van der Waals surface area contributed by atoms with Gasteiger partial charge in [0.05, 0.1) is 13.1 Å². The van der Waals surface area contributed by atoms with E-state index in [-0.39, 0.29) is 0 Å². The van der Waals surface area contributed by atoms with Gasteiger partial charge in [-0.15, -0.1) is 11.3 Å². The number of rotatable bonds is 7. The van der Waals surface area contributed by atoms with Crippen molar-refractivity contribution >= 4 is 17.3 Å². The first-order valence-electron chi connectivity index (χ1n) is 9.68. The quantitative estimate of drug-likeness (QED) is 0.572. The fourth-order valence-corrected chi connectivity index (χ4v) is 3.87. The van der Waals surface area contributed by atoms with Gasteiger partial charge in [0.15, 0.2) is 5.96 Å². The van der Waals surface area contributed by atoms with Crippen LogP contribution in [0.15, 0.2) is 46.8 Å². The molecule has 5 heteroatoms. The summed E-state index contributed by atoms with van der Waals surface area (Å²) in [4.78, 5) is 8.60. The number of likely N-dealkylation sites (tertiary alicyclic amines) is 1. The third kappa shape index (κ3) is 6.15. The minimum atomic E-state index is 0.698. The number of nitrogens with one attached hydrogen (secondary N) is 2. The van der Waals surface area contributed by atoms with Crippen molar-refractivity contribution in [1.29, 1.82) is 0 Å². The zero-order valence-electron chi connectivity index (χ0n) is 15.7. The first-order chi connectivity index (χ1) is 12.8. The van der Waals surface area contributed by atoms with Crippen LogP contribution >= 0.6 is 11.3 Å². The Bertz CT molecular complexity index is 658. The van der Waals surface area contributed by atoms with Gasteiger partial charge in [-0.1, -0.05) is 36.8 Å². The lowest BCUT2D eigenvalue weighted by Crippen LogP contribution is -2.36. The number of hydrogen-bond donors (Lipinski definition) is 2. The molecule has 0 amide bonds. The Morgan fingerprint density at radius 1 is 1.04 bits per heavy atom. The Balaban J connectivity index is 1.51. The van der Waals surface area contributed by atoms with E-state index in [9.17, 15) is 0 Å². The molecule has 2 aromatic rings. The standard InChI is InChI=1S/C21H30N4S/c1-2-22-21(24-16-20-7-6-14-26-20)23-15-18-8-10-19(11-9-18)17-25-12-4-3-5-13-25/h6-11,14H,2-5,12-13,15-17H2,1H3,(H2,22,23,24). The molecule has 1 aliphatic heterocycles. The lowest BCUT2D eigenvalue weighted by atomic mass is 10.1. The van der Waals surface area contributed by atoms with Crippen LogP contribution in [0.4, 0.5) is 0 Å². The van der Waals surface area contributed by atoms with Gasteiger partial charge in [-0.2, -0.15) is 0 Å². The van der Waals surface area contributed by atoms with Crippen LogP contribution in [0, 0.1) is 0 Å². The fraction of sp³-hybridized carbons (Fsp3) is 0.476. The van der Waals surface area contributed by atoms with Crippen LogP contribution in [0.3, 0.4) is 0 Å². The van der Waals surface area contributed by atoms with E-state index in [1.54, 1.807) is 11.3 Å². The lowest BCUT2D eigenvalue weighted by Gasteiger charge is -2.26. The Morgan fingerprint density at radius 3 is 2.50 bits per heavy atom. The second-order valence-corrected chi connectivity index (χ2v) is 7.81. The highest BCUT2D eigenvalue weighted by Gasteiger charge is 2.10. The SMILES string of the molecule is CCNC(=NCc1ccc(CN2CCCCC2)cc1)NCc1cccs1. The van der Waals surface area contributed by atoms with E-state index in [1.807, 2.05) is 0 Å². The number of hydrogen-bond acceptors (Lipinski definition) is 3. The average Bonchev–Trinajstić information content (AvgIpc) is 3.20. The van der Waals surface area contributed by atoms with Crippen molar-refractivity contribution in [2.24, 2.45) is 4.99 Å². The smallest absolute Gasteiger partial charge is 0.191 e. The zero-order chi connectivity index (χ0) is 18.0. The van der Waals surface area contributed by atoms with Gasteiger partial charge in [-0.25, -0.2) is 4.99 Å². The molecule has 4 nitrogen and oxygen atoms in total. The van der Waals surface area contributed by atoms with Crippen molar-refractivity contribution in [2.75, 3.05) is 19.6 Å². The third-order valence-corrected chi connectivity index (χ3v) is 5.53. The molecule has 26 heavy (non-hydrogen) atoms. The summed E-state index contributed by atoms with van der Waals surface area (Å²) in [6, 6.07) is 13.2. The largest absolute Gasteiger partial charge is 0.357 e. The van der Waals surface area contributed by atoms with Crippen molar-refractivity contribution in [1.82, 2.24) is 15.5 Å². The molecule has 1 saturated heterocycles. The minimum Gasteiger partial charge on any atom is -0.357 e. The second kappa shape index (κ2) is 10.3. The van der Waals surface area contributed by atoms with Gasteiger partial charge in [-0.05, 0) is 55.4 Å². The first kappa shape index (κ1) is 18.9. The molecular formula is C21H30N4S. The van der Waals surface area contributed by atoms with Crippen LogP contribution in [-0.2, 0) is 19.6 Å². The molecule has 1 aliphatic rings. The van der Waals surface area contributed by atoms with Gasteiger partial charge in [0.1, 0.15) is 0 Å². The molecule has 2 N–H and O–H groups in total. The van der Waals surface area contributed by atoms with Crippen LogP contribution in [0.1, 0.15) is 42.2 Å². The second-order valence-electron chi connectivity index (χ2n) is 6.78. The highest BCUT2D eigenvalue weighted by molar-refractivity contribution is 7.09. The molecule has 0 unspecified atom stereocenters. The molecule has 1 aromatic heterocycles. The summed E-state index contributed by atoms with van der Waals surface area (Å²) in [5.41, 5.74) is 2.66. The Hall–Kier alpha value is -1.85. The summed E-state index contributed by atoms with van der Waals surface area (Å²) < 4.78 is 0. The maximum atomic E-state index is 4.72. The predicted molar refractivity (Wildman–Crippen MR) is 112 cm³/mol. The molecule has 2 heterocycles. The van der Waals surface area contributed by atoms with Gasteiger partial charge in [0, 0.05) is 18.0 Å². The van der Waals surface area contributed by atoms with Gasteiger partial charge < -0.3 is 10.6 Å².